The third-order valence-electron chi connectivity index (χ3n) is 5.17. The van der Waals surface area contributed by atoms with Gasteiger partial charge in [0.05, 0.1) is 11.5 Å². The maximum Gasteiger partial charge on any atom is 0.150 e. The zero-order valence-corrected chi connectivity index (χ0v) is 14.0. The molecule has 118 valence electrons. The Morgan fingerprint density at radius 1 is 1.25 bits per heavy atom. The van der Waals surface area contributed by atoms with Gasteiger partial charge in [-0.1, -0.05) is 13.8 Å². The van der Waals surface area contributed by atoms with Crippen molar-refractivity contribution in [1.29, 1.82) is 0 Å². The van der Waals surface area contributed by atoms with Gasteiger partial charge in [0.1, 0.15) is 0 Å². The van der Waals surface area contributed by atoms with Gasteiger partial charge >= 0.3 is 0 Å². The minimum absolute atomic E-state index is 0.356. The van der Waals surface area contributed by atoms with Crippen molar-refractivity contribution in [3.63, 3.8) is 0 Å². The highest BCUT2D eigenvalue weighted by atomic mass is 32.2. The predicted octanol–water partition coefficient (Wildman–Crippen LogP) is 1.52. The highest BCUT2D eigenvalue weighted by Crippen LogP contribution is 2.27. The van der Waals surface area contributed by atoms with Gasteiger partial charge in [-0.2, -0.15) is 0 Å². The van der Waals surface area contributed by atoms with Crippen LogP contribution in [0.25, 0.3) is 0 Å². The van der Waals surface area contributed by atoms with Gasteiger partial charge in [0.25, 0.3) is 0 Å². The van der Waals surface area contributed by atoms with E-state index in [0.717, 1.165) is 26.1 Å². The molecule has 2 heterocycles. The number of nitrogens with zero attached hydrogens (tertiary/aromatic N) is 1. The van der Waals surface area contributed by atoms with Gasteiger partial charge in [-0.05, 0) is 51.1 Å². The lowest BCUT2D eigenvalue weighted by Gasteiger charge is -2.44. The van der Waals surface area contributed by atoms with E-state index in [-0.39, 0.29) is 0 Å². The highest BCUT2D eigenvalue weighted by Gasteiger charge is 2.35. The van der Waals surface area contributed by atoms with E-state index >= 15 is 0 Å². The summed E-state index contributed by atoms with van der Waals surface area (Å²) in [5, 5.41) is 3.66. The first-order valence-electron chi connectivity index (χ1n) is 8.11. The first-order valence-corrected chi connectivity index (χ1v) is 9.93. The lowest BCUT2D eigenvalue weighted by atomic mass is 9.86. The van der Waals surface area contributed by atoms with Gasteiger partial charge in [-0.25, -0.2) is 8.42 Å². The second-order valence-corrected chi connectivity index (χ2v) is 8.94. The number of likely N-dealkylation sites (tertiary alicyclic amines) is 1. The molecule has 0 spiro atoms. The monoisotopic (exact) mass is 302 g/mol. The van der Waals surface area contributed by atoms with Gasteiger partial charge in [0.15, 0.2) is 9.84 Å². The fourth-order valence-electron chi connectivity index (χ4n) is 3.66. The first-order chi connectivity index (χ1) is 9.43. The molecule has 0 aliphatic carbocycles. The lowest BCUT2D eigenvalue weighted by molar-refractivity contribution is 0.0734. The Hall–Kier alpha value is -0.130. The van der Waals surface area contributed by atoms with Crippen LogP contribution in [0, 0.1) is 11.8 Å². The van der Waals surface area contributed by atoms with Gasteiger partial charge < -0.3 is 5.32 Å². The molecule has 4 nitrogen and oxygen atoms in total. The summed E-state index contributed by atoms with van der Waals surface area (Å²) in [5.41, 5.74) is 0. The number of rotatable bonds is 5. The van der Waals surface area contributed by atoms with Crippen LogP contribution in [0.15, 0.2) is 0 Å². The number of nitrogens with one attached hydrogen (secondary N) is 1. The summed E-state index contributed by atoms with van der Waals surface area (Å²) >= 11 is 0. The van der Waals surface area contributed by atoms with E-state index in [1.807, 2.05) is 0 Å². The molecule has 5 heteroatoms. The van der Waals surface area contributed by atoms with Crippen molar-refractivity contribution < 1.29 is 8.42 Å². The quantitative estimate of drug-likeness (QED) is 0.836. The molecule has 4 unspecified atom stereocenters. The Morgan fingerprint density at radius 3 is 2.60 bits per heavy atom. The molecule has 4 atom stereocenters. The number of piperidine rings is 1. The minimum atomic E-state index is -2.74. The van der Waals surface area contributed by atoms with Crippen LogP contribution in [-0.4, -0.2) is 56.5 Å². The van der Waals surface area contributed by atoms with Crippen LogP contribution in [0.1, 0.15) is 40.0 Å². The van der Waals surface area contributed by atoms with Crippen molar-refractivity contribution in [2.45, 2.75) is 52.1 Å². The number of hydrogen-bond donors (Lipinski definition) is 1. The maximum absolute atomic E-state index is 11.6. The Morgan fingerprint density at radius 2 is 2.00 bits per heavy atom. The van der Waals surface area contributed by atoms with Crippen molar-refractivity contribution >= 4 is 9.84 Å². The van der Waals surface area contributed by atoms with E-state index in [0.29, 0.717) is 35.4 Å². The van der Waals surface area contributed by atoms with Crippen LogP contribution < -0.4 is 5.32 Å². The Bertz CT molecular complexity index is 410. The summed E-state index contributed by atoms with van der Waals surface area (Å²) in [6.07, 6.45) is 3.23. The average molecular weight is 302 g/mol. The van der Waals surface area contributed by atoms with Gasteiger partial charge in [-0.15, -0.1) is 0 Å². The average Bonchev–Trinajstić information content (AvgIpc) is 2.74. The molecule has 2 fully saturated rings. The molecule has 0 amide bonds. The van der Waals surface area contributed by atoms with Crippen LogP contribution in [0.5, 0.6) is 0 Å². The molecular formula is C15H30N2O2S. The Labute approximate surface area is 124 Å². The van der Waals surface area contributed by atoms with E-state index < -0.39 is 9.84 Å². The number of sulfone groups is 1. The molecule has 0 aromatic rings. The summed E-state index contributed by atoms with van der Waals surface area (Å²) < 4.78 is 23.1. The lowest BCUT2D eigenvalue weighted by Crippen LogP contribution is -2.54. The van der Waals surface area contributed by atoms with Crippen molar-refractivity contribution in [2.24, 2.45) is 11.8 Å². The van der Waals surface area contributed by atoms with E-state index in [1.54, 1.807) is 0 Å². The van der Waals surface area contributed by atoms with Gasteiger partial charge in [-0.3, -0.25) is 4.90 Å². The zero-order valence-electron chi connectivity index (χ0n) is 13.1. The molecule has 2 saturated heterocycles. The zero-order chi connectivity index (χ0) is 14.8. The van der Waals surface area contributed by atoms with Crippen LogP contribution in [0.4, 0.5) is 0 Å². The minimum Gasteiger partial charge on any atom is -0.314 e. The second-order valence-electron chi connectivity index (χ2n) is 6.71. The second kappa shape index (κ2) is 6.75. The van der Waals surface area contributed by atoms with E-state index in [1.165, 1.54) is 12.8 Å². The first kappa shape index (κ1) is 16.2. The van der Waals surface area contributed by atoms with Crippen LogP contribution in [0.3, 0.4) is 0 Å². The standard InChI is InChI=1S/C15H30N2O2S/c1-4-7-16-15-5-8-17(13(3)12(15)2)10-14-6-9-20(18,19)11-14/h12-16H,4-11H2,1-3H3. The molecular weight excluding hydrogens is 272 g/mol. The molecule has 0 bridgehead atoms. The molecule has 0 saturated carbocycles. The third kappa shape index (κ3) is 3.95. The smallest absolute Gasteiger partial charge is 0.150 e. The Balaban J connectivity index is 1.86. The van der Waals surface area contributed by atoms with Crippen molar-refractivity contribution in [2.75, 3.05) is 31.1 Å². The fraction of sp³-hybridized carbons (Fsp3) is 1.00. The summed E-state index contributed by atoms with van der Waals surface area (Å²) in [7, 11) is -2.74. The van der Waals surface area contributed by atoms with Gasteiger partial charge in [0, 0.05) is 18.6 Å². The largest absolute Gasteiger partial charge is 0.314 e. The highest BCUT2D eigenvalue weighted by molar-refractivity contribution is 7.91. The Kier molecular flexibility index (Phi) is 5.49. The van der Waals surface area contributed by atoms with Crippen molar-refractivity contribution in [3.05, 3.63) is 0 Å². The summed E-state index contributed by atoms with van der Waals surface area (Å²) in [4.78, 5) is 2.51. The van der Waals surface area contributed by atoms with Gasteiger partial charge in [0.2, 0.25) is 0 Å². The summed E-state index contributed by atoms with van der Waals surface area (Å²) in [6, 6.07) is 1.16. The van der Waals surface area contributed by atoms with Crippen LogP contribution in [-0.2, 0) is 9.84 Å². The molecule has 2 rings (SSSR count). The number of hydrogen-bond acceptors (Lipinski definition) is 4. The fourth-order valence-corrected chi connectivity index (χ4v) is 5.51. The molecule has 0 aromatic heterocycles. The van der Waals surface area contributed by atoms with Crippen molar-refractivity contribution in [1.82, 2.24) is 10.2 Å². The molecule has 2 aliphatic rings. The summed E-state index contributed by atoms with van der Waals surface area (Å²) in [5.74, 6) is 1.79. The topological polar surface area (TPSA) is 49.4 Å². The van der Waals surface area contributed by atoms with Crippen LogP contribution >= 0.6 is 0 Å². The molecule has 2 aliphatic heterocycles. The van der Waals surface area contributed by atoms with Crippen molar-refractivity contribution in [3.8, 4) is 0 Å². The SMILES string of the molecule is CCCNC1CCN(CC2CCS(=O)(=O)C2)C(C)C1C. The predicted molar refractivity (Wildman–Crippen MR) is 83.7 cm³/mol. The molecule has 1 N–H and O–H groups in total. The van der Waals surface area contributed by atoms with E-state index in [4.69, 9.17) is 0 Å². The normalized spacial score (nSPS) is 38.1. The molecule has 0 radical (unpaired) electrons. The van der Waals surface area contributed by atoms with E-state index in [9.17, 15) is 8.42 Å². The third-order valence-corrected chi connectivity index (χ3v) is 7.01. The van der Waals surface area contributed by atoms with Crippen LogP contribution in [0.2, 0.25) is 0 Å². The summed E-state index contributed by atoms with van der Waals surface area (Å²) in [6.45, 7) is 10.00. The maximum atomic E-state index is 11.6. The molecule has 0 aromatic carbocycles. The molecule has 20 heavy (non-hydrogen) atoms. The van der Waals surface area contributed by atoms with E-state index in [2.05, 4.69) is 31.0 Å².